The molecular weight excluding hydrogens is 260 g/mol. The van der Waals surface area contributed by atoms with Crippen LogP contribution in [0.5, 0.6) is 0 Å². The van der Waals surface area contributed by atoms with Gasteiger partial charge in [0.25, 0.3) is 5.91 Å². The van der Waals surface area contributed by atoms with Gasteiger partial charge in [0, 0.05) is 20.2 Å². The number of piperidine rings is 1. The summed E-state index contributed by atoms with van der Waals surface area (Å²) in [6.45, 7) is 2.82. The van der Waals surface area contributed by atoms with E-state index >= 15 is 0 Å². The van der Waals surface area contributed by atoms with E-state index in [-0.39, 0.29) is 23.3 Å². The minimum Gasteiger partial charge on any atom is -0.478 e. The zero-order valence-corrected chi connectivity index (χ0v) is 11.6. The van der Waals surface area contributed by atoms with E-state index in [2.05, 4.69) is 4.98 Å². The number of carboxylic acids is 1. The van der Waals surface area contributed by atoms with Crippen molar-refractivity contribution in [2.24, 2.45) is 0 Å². The monoisotopic (exact) mass is 278 g/mol. The maximum Gasteiger partial charge on any atom is 0.337 e. The number of likely N-dealkylation sites (tertiary alicyclic amines) is 1. The lowest BCUT2D eigenvalue weighted by Gasteiger charge is -2.31. The van der Waals surface area contributed by atoms with Crippen molar-refractivity contribution in [1.29, 1.82) is 0 Å². The Kier molecular flexibility index (Phi) is 4.34. The summed E-state index contributed by atoms with van der Waals surface area (Å²) in [4.78, 5) is 29.1. The SMILES string of the molecule is COC1CCCN(C(=O)c2ccc(C(=O)O)c(C)n2)C1. The Morgan fingerprint density at radius 1 is 1.45 bits per heavy atom. The van der Waals surface area contributed by atoms with E-state index in [1.165, 1.54) is 12.1 Å². The van der Waals surface area contributed by atoms with Crippen LogP contribution in [0.4, 0.5) is 0 Å². The fourth-order valence-electron chi connectivity index (χ4n) is 2.38. The maximum absolute atomic E-state index is 12.4. The van der Waals surface area contributed by atoms with Gasteiger partial charge in [-0.2, -0.15) is 0 Å². The summed E-state index contributed by atoms with van der Waals surface area (Å²) in [7, 11) is 1.64. The second-order valence-electron chi connectivity index (χ2n) is 4.89. The molecule has 6 heteroatoms. The first-order chi connectivity index (χ1) is 9.52. The largest absolute Gasteiger partial charge is 0.478 e. The number of hydrogen-bond donors (Lipinski definition) is 1. The number of carboxylic acid groups (broad SMARTS) is 1. The summed E-state index contributed by atoms with van der Waals surface area (Å²) in [5.74, 6) is -1.21. The molecule has 6 nitrogen and oxygen atoms in total. The van der Waals surface area contributed by atoms with Crippen LogP contribution in [0.25, 0.3) is 0 Å². The van der Waals surface area contributed by atoms with Crippen LogP contribution in [0.1, 0.15) is 39.4 Å². The van der Waals surface area contributed by atoms with E-state index in [9.17, 15) is 9.59 Å². The molecule has 1 saturated heterocycles. The molecular formula is C14H18N2O4. The highest BCUT2D eigenvalue weighted by molar-refractivity contribution is 5.94. The predicted octanol–water partition coefficient (Wildman–Crippen LogP) is 1.34. The van der Waals surface area contributed by atoms with Gasteiger partial charge in [0.05, 0.1) is 17.4 Å². The lowest BCUT2D eigenvalue weighted by Crippen LogP contribution is -2.43. The number of hydrogen-bond acceptors (Lipinski definition) is 4. The summed E-state index contributed by atoms with van der Waals surface area (Å²) in [6, 6.07) is 2.89. The third-order valence-electron chi connectivity index (χ3n) is 3.53. The standard InChI is InChI=1S/C14H18N2O4/c1-9-11(14(18)19)5-6-12(15-9)13(17)16-7-3-4-10(8-16)20-2/h5-6,10H,3-4,7-8H2,1-2H3,(H,18,19). The Hall–Kier alpha value is -1.95. The molecule has 1 aromatic rings. The molecule has 1 N–H and O–H groups in total. The molecule has 2 heterocycles. The van der Waals surface area contributed by atoms with Crippen LogP contribution in [0.15, 0.2) is 12.1 Å². The normalized spacial score (nSPS) is 18.9. The molecule has 1 aliphatic heterocycles. The number of carbonyl (C=O) groups is 2. The number of ether oxygens (including phenoxy) is 1. The Labute approximate surface area is 117 Å². The van der Waals surface area contributed by atoms with Crippen molar-refractivity contribution in [2.75, 3.05) is 20.2 Å². The zero-order chi connectivity index (χ0) is 14.7. The van der Waals surface area contributed by atoms with E-state index in [1.54, 1.807) is 18.9 Å². The lowest BCUT2D eigenvalue weighted by atomic mass is 10.1. The summed E-state index contributed by atoms with van der Waals surface area (Å²) in [5.41, 5.74) is 0.753. The Morgan fingerprint density at radius 3 is 2.80 bits per heavy atom. The maximum atomic E-state index is 12.4. The van der Waals surface area contributed by atoms with Crippen LogP contribution in [0.2, 0.25) is 0 Å². The summed E-state index contributed by atoms with van der Waals surface area (Å²) < 4.78 is 5.29. The predicted molar refractivity (Wildman–Crippen MR) is 71.9 cm³/mol. The molecule has 1 unspecified atom stereocenters. The highest BCUT2D eigenvalue weighted by Gasteiger charge is 2.25. The molecule has 108 valence electrons. The first kappa shape index (κ1) is 14.5. The number of amides is 1. The Balaban J connectivity index is 2.17. The first-order valence-corrected chi connectivity index (χ1v) is 6.56. The summed E-state index contributed by atoms with van der Waals surface area (Å²) >= 11 is 0. The molecule has 1 aliphatic rings. The molecule has 0 radical (unpaired) electrons. The third-order valence-corrected chi connectivity index (χ3v) is 3.53. The number of methoxy groups -OCH3 is 1. The average molecular weight is 278 g/mol. The minimum absolute atomic E-state index is 0.0621. The van der Waals surface area contributed by atoms with Crippen molar-refractivity contribution in [3.05, 3.63) is 29.1 Å². The molecule has 0 spiro atoms. The summed E-state index contributed by atoms with van der Waals surface area (Å²) in [5, 5.41) is 8.96. The van der Waals surface area contributed by atoms with Gasteiger partial charge in [-0.25, -0.2) is 9.78 Å². The van der Waals surface area contributed by atoms with Gasteiger partial charge in [-0.1, -0.05) is 0 Å². The molecule has 0 saturated carbocycles. The number of nitrogens with zero attached hydrogens (tertiary/aromatic N) is 2. The number of rotatable bonds is 3. The van der Waals surface area contributed by atoms with Crippen molar-refractivity contribution in [3.8, 4) is 0 Å². The van der Waals surface area contributed by atoms with Crippen molar-refractivity contribution in [2.45, 2.75) is 25.9 Å². The molecule has 1 aromatic heterocycles. The number of aromatic nitrogens is 1. The van der Waals surface area contributed by atoms with Crippen LogP contribution in [-0.2, 0) is 4.74 Å². The minimum atomic E-state index is -1.04. The van der Waals surface area contributed by atoms with Crippen LogP contribution in [0.3, 0.4) is 0 Å². The number of aryl methyl sites for hydroxylation is 1. The van der Waals surface area contributed by atoms with Gasteiger partial charge in [0.1, 0.15) is 5.69 Å². The third kappa shape index (κ3) is 2.96. The van der Waals surface area contributed by atoms with Gasteiger partial charge >= 0.3 is 5.97 Å². The van der Waals surface area contributed by atoms with E-state index in [1.807, 2.05) is 0 Å². The second-order valence-corrected chi connectivity index (χ2v) is 4.89. The quantitative estimate of drug-likeness (QED) is 0.902. The fourth-order valence-corrected chi connectivity index (χ4v) is 2.38. The van der Waals surface area contributed by atoms with E-state index in [0.717, 1.165) is 12.8 Å². The Bertz CT molecular complexity index is 530. The highest BCUT2D eigenvalue weighted by atomic mass is 16.5. The van der Waals surface area contributed by atoms with Gasteiger partial charge in [0.2, 0.25) is 0 Å². The van der Waals surface area contributed by atoms with Gasteiger partial charge in [0.15, 0.2) is 0 Å². The van der Waals surface area contributed by atoms with Gasteiger partial charge in [-0.15, -0.1) is 0 Å². The van der Waals surface area contributed by atoms with E-state index in [4.69, 9.17) is 9.84 Å². The number of pyridine rings is 1. The molecule has 0 aromatic carbocycles. The van der Waals surface area contributed by atoms with Crippen LogP contribution < -0.4 is 0 Å². The molecule has 0 bridgehead atoms. The molecule has 20 heavy (non-hydrogen) atoms. The van der Waals surface area contributed by atoms with Crippen molar-refractivity contribution in [1.82, 2.24) is 9.88 Å². The Morgan fingerprint density at radius 2 is 2.20 bits per heavy atom. The highest BCUT2D eigenvalue weighted by Crippen LogP contribution is 2.16. The molecule has 1 fully saturated rings. The number of carbonyl (C=O) groups excluding carboxylic acids is 1. The van der Waals surface area contributed by atoms with Crippen LogP contribution in [0, 0.1) is 6.92 Å². The van der Waals surface area contributed by atoms with Gasteiger partial charge in [-0.3, -0.25) is 4.79 Å². The topological polar surface area (TPSA) is 79.7 Å². The van der Waals surface area contributed by atoms with E-state index < -0.39 is 5.97 Å². The van der Waals surface area contributed by atoms with E-state index in [0.29, 0.717) is 18.8 Å². The van der Waals surface area contributed by atoms with Crippen LogP contribution >= 0.6 is 0 Å². The smallest absolute Gasteiger partial charge is 0.337 e. The fraction of sp³-hybridized carbons (Fsp3) is 0.500. The van der Waals surface area contributed by atoms with Crippen molar-refractivity contribution >= 4 is 11.9 Å². The molecule has 0 aliphatic carbocycles. The van der Waals surface area contributed by atoms with Crippen molar-refractivity contribution < 1.29 is 19.4 Å². The van der Waals surface area contributed by atoms with Crippen molar-refractivity contribution in [3.63, 3.8) is 0 Å². The average Bonchev–Trinajstić information content (AvgIpc) is 2.46. The zero-order valence-electron chi connectivity index (χ0n) is 11.6. The number of aromatic carboxylic acids is 1. The molecule has 1 amide bonds. The van der Waals surface area contributed by atoms with Gasteiger partial charge in [-0.05, 0) is 31.9 Å². The first-order valence-electron chi connectivity index (χ1n) is 6.56. The van der Waals surface area contributed by atoms with Gasteiger partial charge < -0.3 is 14.7 Å². The summed E-state index contributed by atoms with van der Waals surface area (Å²) in [6.07, 6.45) is 1.91. The van der Waals surface area contributed by atoms with Crippen LogP contribution in [-0.4, -0.2) is 53.2 Å². The molecule has 1 atom stereocenters. The lowest BCUT2D eigenvalue weighted by molar-refractivity contribution is 0.0265. The molecule has 2 rings (SSSR count). The second kappa shape index (κ2) is 6.00.